The highest BCUT2D eigenvalue weighted by atomic mass is 79.9. The fourth-order valence-electron chi connectivity index (χ4n) is 1.87. The molecule has 2 rings (SSSR count). The molecule has 0 saturated carbocycles. The van der Waals surface area contributed by atoms with E-state index >= 15 is 0 Å². The summed E-state index contributed by atoms with van der Waals surface area (Å²) in [6.07, 6.45) is 3.18. The van der Waals surface area contributed by atoms with Gasteiger partial charge >= 0.3 is 0 Å². The predicted octanol–water partition coefficient (Wildman–Crippen LogP) is 1.46. The molecule has 0 aliphatic carbocycles. The molecule has 2 heterocycles. The quantitative estimate of drug-likeness (QED) is 0.918. The molecule has 92 valence electrons. The predicted molar refractivity (Wildman–Crippen MR) is 67.6 cm³/mol. The van der Waals surface area contributed by atoms with E-state index in [4.69, 9.17) is 10.5 Å². The van der Waals surface area contributed by atoms with Crippen molar-refractivity contribution in [3.8, 4) is 0 Å². The van der Waals surface area contributed by atoms with E-state index in [0.29, 0.717) is 32.5 Å². The molecule has 2 N–H and O–H groups in total. The Labute approximate surface area is 109 Å². The average Bonchev–Trinajstić information content (AvgIpc) is 2.33. The van der Waals surface area contributed by atoms with Gasteiger partial charge in [-0.15, -0.1) is 0 Å². The molecule has 0 spiro atoms. The van der Waals surface area contributed by atoms with Crippen LogP contribution >= 0.6 is 15.9 Å². The van der Waals surface area contributed by atoms with Crippen LogP contribution in [0, 0.1) is 0 Å². The molecule has 1 aromatic heterocycles. The van der Waals surface area contributed by atoms with Gasteiger partial charge < -0.3 is 10.5 Å². The van der Waals surface area contributed by atoms with Crippen molar-refractivity contribution in [2.75, 3.05) is 13.2 Å². The maximum Gasteiger partial charge on any atom is 0.158 e. The van der Waals surface area contributed by atoms with E-state index in [1.165, 1.54) is 0 Å². The second kappa shape index (κ2) is 5.25. The first-order valence-corrected chi connectivity index (χ1v) is 6.40. The first kappa shape index (κ1) is 12.7. The van der Waals surface area contributed by atoms with E-state index in [2.05, 4.69) is 20.9 Å². The lowest BCUT2D eigenvalue weighted by Crippen LogP contribution is -2.52. The molecule has 17 heavy (non-hydrogen) atoms. The Kier molecular flexibility index (Phi) is 3.91. The molecule has 0 unspecified atom stereocenters. The van der Waals surface area contributed by atoms with Crippen molar-refractivity contribution in [3.63, 3.8) is 0 Å². The zero-order chi connectivity index (χ0) is 12.3. The topological polar surface area (TPSA) is 65.2 Å². The van der Waals surface area contributed by atoms with Crippen LogP contribution in [0.15, 0.2) is 22.8 Å². The van der Waals surface area contributed by atoms with Crippen molar-refractivity contribution in [3.05, 3.63) is 28.5 Å². The van der Waals surface area contributed by atoms with Gasteiger partial charge in [-0.3, -0.25) is 9.78 Å². The zero-order valence-corrected chi connectivity index (χ0v) is 11.1. The van der Waals surface area contributed by atoms with Crippen LogP contribution in [0.25, 0.3) is 0 Å². The highest BCUT2D eigenvalue weighted by Gasteiger charge is 2.35. The molecule has 1 aromatic rings. The van der Waals surface area contributed by atoms with Gasteiger partial charge in [-0.2, -0.15) is 0 Å². The fourth-order valence-corrected chi connectivity index (χ4v) is 2.10. The lowest BCUT2D eigenvalue weighted by Gasteiger charge is -2.31. The molecular formula is C12H15BrN2O2. The second-order valence-corrected chi connectivity index (χ2v) is 5.25. The number of Topliss-reactive ketones (excluding diaryl/α,β-unsaturated/α-hetero) is 1. The van der Waals surface area contributed by atoms with Crippen molar-refractivity contribution in [2.45, 2.75) is 24.8 Å². The third-order valence-corrected chi connectivity index (χ3v) is 3.54. The van der Waals surface area contributed by atoms with Gasteiger partial charge in [-0.25, -0.2) is 0 Å². The van der Waals surface area contributed by atoms with Crippen molar-refractivity contribution in [1.82, 2.24) is 4.98 Å². The first-order chi connectivity index (χ1) is 8.10. The van der Waals surface area contributed by atoms with Crippen molar-refractivity contribution in [1.29, 1.82) is 0 Å². The SMILES string of the molecule is NC1(C(=O)Cc2ccc(Br)cn2)CCOCC1. The van der Waals surface area contributed by atoms with Crippen molar-refractivity contribution < 1.29 is 9.53 Å². The average molecular weight is 299 g/mol. The monoisotopic (exact) mass is 298 g/mol. The largest absolute Gasteiger partial charge is 0.381 e. The third-order valence-electron chi connectivity index (χ3n) is 3.07. The normalized spacial score (nSPS) is 18.9. The summed E-state index contributed by atoms with van der Waals surface area (Å²) in [4.78, 5) is 16.3. The summed E-state index contributed by atoms with van der Waals surface area (Å²) in [5.74, 6) is 0.0515. The summed E-state index contributed by atoms with van der Waals surface area (Å²) >= 11 is 3.31. The Hall–Kier alpha value is -0.780. The van der Waals surface area contributed by atoms with Gasteiger partial charge in [0.05, 0.1) is 12.0 Å². The van der Waals surface area contributed by atoms with Gasteiger partial charge in [0.2, 0.25) is 0 Å². The maximum absolute atomic E-state index is 12.1. The number of ketones is 1. The molecule has 1 saturated heterocycles. The highest BCUT2D eigenvalue weighted by Crippen LogP contribution is 2.20. The minimum Gasteiger partial charge on any atom is -0.381 e. The molecule has 0 aromatic carbocycles. The number of nitrogens with two attached hydrogens (primary N) is 1. The second-order valence-electron chi connectivity index (χ2n) is 4.34. The van der Waals surface area contributed by atoms with E-state index in [0.717, 1.165) is 10.2 Å². The van der Waals surface area contributed by atoms with Gasteiger partial charge in [0.15, 0.2) is 5.78 Å². The van der Waals surface area contributed by atoms with Crippen molar-refractivity contribution in [2.24, 2.45) is 5.73 Å². The number of carbonyl (C=O) groups excluding carboxylic acids is 1. The Balaban J connectivity index is 2.03. The van der Waals surface area contributed by atoms with E-state index in [-0.39, 0.29) is 5.78 Å². The van der Waals surface area contributed by atoms with Gasteiger partial charge in [0, 0.05) is 29.6 Å². The van der Waals surface area contributed by atoms with E-state index in [1.807, 2.05) is 12.1 Å². The molecule has 5 heteroatoms. The van der Waals surface area contributed by atoms with Crippen LogP contribution in [0.3, 0.4) is 0 Å². The Morgan fingerprint density at radius 1 is 1.47 bits per heavy atom. The van der Waals surface area contributed by atoms with E-state index in [1.54, 1.807) is 6.20 Å². The lowest BCUT2D eigenvalue weighted by molar-refractivity contribution is -0.126. The summed E-state index contributed by atoms with van der Waals surface area (Å²) in [7, 11) is 0. The number of rotatable bonds is 3. The van der Waals surface area contributed by atoms with Gasteiger partial charge in [0.1, 0.15) is 0 Å². The van der Waals surface area contributed by atoms with Crippen LogP contribution in [-0.4, -0.2) is 29.5 Å². The molecule has 0 radical (unpaired) electrons. The lowest BCUT2D eigenvalue weighted by atomic mass is 9.85. The zero-order valence-electron chi connectivity index (χ0n) is 9.49. The number of hydrogen-bond acceptors (Lipinski definition) is 4. The Morgan fingerprint density at radius 2 is 2.18 bits per heavy atom. The van der Waals surface area contributed by atoms with Crippen LogP contribution in [0.5, 0.6) is 0 Å². The maximum atomic E-state index is 12.1. The smallest absolute Gasteiger partial charge is 0.158 e. The Bertz CT molecular complexity index is 399. The summed E-state index contributed by atoms with van der Waals surface area (Å²) in [5, 5.41) is 0. The molecule has 4 nitrogen and oxygen atoms in total. The number of halogens is 1. The van der Waals surface area contributed by atoms with Crippen LogP contribution < -0.4 is 5.73 Å². The minimum atomic E-state index is -0.729. The molecule has 1 aliphatic rings. The minimum absolute atomic E-state index is 0.0515. The van der Waals surface area contributed by atoms with Crippen LogP contribution in [0.4, 0.5) is 0 Å². The first-order valence-electron chi connectivity index (χ1n) is 5.60. The van der Waals surface area contributed by atoms with E-state index in [9.17, 15) is 4.79 Å². The van der Waals surface area contributed by atoms with Crippen LogP contribution in [0.2, 0.25) is 0 Å². The summed E-state index contributed by atoms with van der Waals surface area (Å²) in [6.45, 7) is 1.13. The van der Waals surface area contributed by atoms with Gasteiger partial charge in [-0.05, 0) is 40.9 Å². The van der Waals surface area contributed by atoms with Gasteiger partial charge in [0.25, 0.3) is 0 Å². The summed E-state index contributed by atoms with van der Waals surface area (Å²) < 4.78 is 6.13. The molecule has 1 aliphatic heterocycles. The Morgan fingerprint density at radius 3 is 2.76 bits per heavy atom. The number of hydrogen-bond donors (Lipinski definition) is 1. The molecule has 0 bridgehead atoms. The highest BCUT2D eigenvalue weighted by molar-refractivity contribution is 9.10. The number of aromatic nitrogens is 1. The van der Waals surface area contributed by atoms with Crippen LogP contribution in [-0.2, 0) is 16.0 Å². The van der Waals surface area contributed by atoms with Gasteiger partial charge in [-0.1, -0.05) is 0 Å². The number of nitrogens with zero attached hydrogens (tertiary/aromatic N) is 1. The van der Waals surface area contributed by atoms with E-state index < -0.39 is 5.54 Å². The van der Waals surface area contributed by atoms with Crippen molar-refractivity contribution >= 4 is 21.7 Å². The van der Waals surface area contributed by atoms with Crippen LogP contribution in [0.1, 0.15) is 18.5 Å². The number of ether oxygens (including phenoxy) is 1. The molecule has 0 atom stereocenters. The fraction of sp³-hybridized carbons (Fsp3) is 0.500. The number of carbonyl (C=O) groups is 1. The molecule has 0 amide bonds. The third kappa shape index (κ3) is 3.12. The molecule has 1 fully saturated rings. The summed E-state index contributed by atoms with van der Waals surface area (Å²) in [5.41, 5.74) is 6.14. The summed E-state index contributed by atoms with van der Waals surface area (Å²) in [6, 6.07) is 3.72. The standard InChI is InChI=1S/C12H15BrN2O2/c13-9-1-2-10(15-8-9)7-11(16)12(14)3-5-17-6-4-12/h1-2,8H,3-7,14H2. The molecular weight excluding hydrogens is 284 g/mol. The number of pyridine rings is 1.